The lowest BCUT2D eigenvalue weighted by Crippen LogP contribution is -2.55. The van der Waals surface area contributed by atoms with Crippen molar-refractivity contribution in [1.82, 2.24) is 9.21 Å². The van der Waals surface area contributed by atoms with Crippen LogP contribution in [0.5, 0.6) is 0 Å². The minimum atomic E-state index is -3.86. The Labute approximate surface area is 184 Å². The van der Waals surface area contributed by atoms with Gasteiger partial charge < -0.3 is 15.4 Å². The molecule has 2 saturated heterocycles. The van der Waals surface area contributed by atoms with Gasteiger partial charge in [-0.2, -0.15) is 4.31 Å². The molecule has 0 bridgehead atoms. The van der Waals surface area contributed by atoms with Crippen molar-refractivity contribution in [3.8, 4) is 0 Å². The molecule has 0 aliphatic carbocycles. The zero-order chi connectivity index (χ0) is 23.0. The van der Waals surface area contributed by atoms with Crippen LogP contribution >= 0.6 is 0 Å². The number of primary amides is 1. The lowest BCUT2D eigenvalue weighted by Gasteiger charge is -2.41. The molecule has 0 aromatic heterocycles. The first-order valence-electron chi connectivity index (χ1n) is 10.8. The van der Waals surface area contributed by atoms with Crippen molar-refractivity contribution in [3.63, 3.8) is 0 Å². The number of sulfonamides is 1. The monoisotopic (exact) mass is 451 g/mol. The third-order valence-electron chi connectivity index (χ3n) is 5.95. The second kappa shape index (κ2) is 8.78. The third kappa shape index (κ3) is 5.03. The summed E-state index contributed by atoms with van der Waals surface area (Å²) in [6.45, 7) is 8.12. The fourth-order valence-electron chi connectivity index (χ4n) is 4.52. The van der Waals surface area contributed by atoms with Gasteiger partial charge in [-0.3, -0.25) is 4.79 Å². The van der Waals surface area contributed by atoms with E-state index in [-0.39, 0.29) is 22.5 Å². The van der Waals surface area contributed by atoms with E-state index in [4.69, 9.17) is 10.5 Å². The zero-order valence-electron chi connectivity index (χ0n) is 18.8. The summed E-state index contributed by atoms with van der Waals surface area (Å²) in [6, 6.07) is 3.93. The van der Waals surface area contributed by atoms with E-state index >= 15 is 0 Å². The van der Waals surface area contributed by atoms with E-state index in [9.17, 15) is 18.0 Å². The molecule has 172 valence electrons. The number of carbonyl (C=O) groups is 2. The molecule has 2 fully saturated rings. The Kier molecular flexibility index (Phi) is 6.67. The minimum absolute atomic E-state index is 0.0561. The summed E-state index contributed by atoms with van der Waals surface area (Å²) in [5, 5.41) is 0. The van der Waals surface area contributed by atoms with Gasteiger partial charge in [0.1, 0.15) is 5.60 Å². The van der Waals surface area contributed by atoms with Crippen LogP contribution < -0.4 is 5.73 Å². The number of ether oxygens (including phenoxy) is 1. The summed E-state index contributed by atoms with van der Waals surface area (Å²) in [7, 11) is -3.86. The second-order valence-corrected chi connectivity index (χ2v) is 11.3. The molecule has 2 atom stereocenters. The van der Waals surface area contributed by atoms with Gasteiger partial charge in [0.2, 0.25) is 15.9 Å². The Hall–Kier alpha value is -2.13. The van der Waals surface area contributed by atoms with E-state index < -0.39 is 27.6 Å². The highest BCUT2D eigenvalue weighted by Gasteiger charge is 2.44. The molecule has 8 nitrogen and oxygen atoms in total. The second-order valence-electron chi connectivity index (χ2n) is 9.40. The standard InChI is InChI=1S/C22H33N3O5S/c1-15-10-11-16(14-17(15)20(23)26)31(28,29)25-13-6-5-8-19(25)18-9-7-12-24(18)21(27)30-22(2,3)4/h10-11,14,18-19H,5-9,12-13H2,1-4H3,(H2,23,26)/t18-,19-/m1/s1. The maximum atomic E-state index is 13.6. The van der Waals surface area contributed by atoms with Crippen LogP contribution in [-0.4, -0.2) is 60.4 Å². The number of nitrogens with zero attached hydrogens (tertiary/aromatic N) is 2. The molecule has 2 heterocycles. The number of piperidine rings is 1. The van der Waals surface area contributed by atoms with Crippen LogP contribution in [0.2, 0.25) is 0 Å². The van der Waals surface area contributed by atoms with Gasteiger partial charge in [-0.05, 0) is 71.1 Å². The van der Waals surface area contributed by atoms with Gasteiger partial charge in [0, 0.05) is 24.7 Å². The number of benzene rings is 1. The van der Waals surface area contributed by atoms with Gasteiger partial charge >= 0.3 is 6.09 Å². The number of likely N-dealkylation sites (tertiary alicyclic amines) is 1. The Balaban J connectivity index is 1.92. The van der Waals surface area contributed by atoms with E-state index in [2.05, 4.69) is 0 Å². The van der Waals surface area contributed by atoms with Crippen LogP contribution in [0, 0.1) is 6.92 Å². The molecule has 1 aromatic carbocycles. The predicted molar refractivity (Wildman–Crippen MR) is 117 cm³/mol. The summed E-state index contributed by atoms with van der Waals surface area (Å²) in [5.41, 5.74) is 5.65. The van der Waals surface area contributed by atoms with Crippen LogP contribution in [0.1, 0.15) is 68.8 Å². The van der Waals surface area contributed by atoms with E-state index in [0.717, 1.165) is 25.7 Å². The average molecular weight is 452 g/mol. The first kappa shape index (κ1) is 23.5. The smallest absolute Gasteiger partial charge is 0.410 e. The Morgan fingerprint density at radius 1 is 1.06 bits per heavy atom. The Morgan fingerprint density at radius 2 is 1.74 bits per heavy atom. The lowest BCUT2D eigenvalue weighted by molar-refractivity contribution is 0.0145. The quantitative estimate of drug-likeness (QED) is 0.757. The summed E-state index contributed by atoms with van der Waals surface area (Å²) in [4.78, 5) is 26.3. The number of amides is 2. The van der Waals surface area contributed by atoms with E-state index in [0.29, 0.717) is 25.1 Å². The summed E-state index contributed by atoms with van der Waals surface area (Å²) in [5.74, 6) is -0.656. The molecule has 1 aromatic rings. The molecule has 2 amide bonds. The largest absolute Gasteiger partial charge is 0.444 e. The van der Waals surface area contributed by atoms with Crippen LogP contribution in [0.25, 0.3) is 0 Å². The van der Waals surface area contributed by atoms with Gasteiger partial charge in [-0.25, -0.2) is 13.2 Å². The molecule has 0 unspecified atom stereocenters. The molecule has 2 aliphatic rings. The number of aryl methyl sites for hydroxylation is 1. The first-order valence-corrected chi connectivity index (χ1v) is 12.3. The zero-order valence-corrected chi connectivity index (χ0v) is 19.6. The van der Waals surface area contributed by atoms with Crippen molar-refractivity contribution in [3.05, 3.63) is 29.3 Å². The van der Waals surface area contributed by atoms with Gasteiger partial charge in [0.05, 0.1) is 10.9 Å². The van der Waals surface area contributed by atoms with Crippen LogP contribution in [0.15, 0.2) is 23.1 Å². The van der Waals surface area contributed by atoms with Crippen LogP contribution in [0.3, 0.4) is 0 Å². The average Bonchev–Trinajstić information content (AvgIpc) is 3.16. The number of nitrogens with two attached hydrogens (primary N) is 1. The molecule has 0 spiro atoms. The van der Waals surface area contributed by atoms with E-state index in [1.165, 1.54) is 16.4 Å². The Morgan fingerprint density at radius 3 is 2.39 bits per heavy atom. The van der Waals surface area contributed by atoms with Crippen molar-refractivity contribution in [2.45, 2.75) is 82.4 Å². The number of hydrogen-bond donors (Lipinski definition) is 1. The molecule has 0 saturated carbocycles. The van der Waals surface area contributed by atoms with Gasteiger partial charge in [0.25, 0.3) is 0 Å². The van der Waals surface area contributed by atoms with Crippen LogP contribution in [-0.2, 0) is 14.8 Å². The maximum Gasteiger partial charge on any atom is 0.410 e. The normalized spacial score (nSPS) is 23.0. The number of rotatable bonds is 4. The van der Waals surface area contributed by atoms with E-state index in [1.807, 2.05) is 20.8 Å². The molecule has 2 N–H and O–H groups in total. The Bertz CT molecular complexity index is 954. The third-order valence-corrected chi connectivity index (χ3v) is 7.87. The molecular formula is C22H33N3O5S. The highest BCUT2D eigenvalue weighted by Crippen LogP contribution is 2.34. The summed E-state index contributed by atoms with van der Waals surface area (Å²) >= 11 is 0. The molecule has 9 heteroatoms. The fourth-order valence-corrected chi connectivity index (χ4v) is 6.27. The van der Waals surface area contributed by atoms with Crippen molar-refractivity contribution < 1.29 is 22.7 Å². The minimum Gasteiger partial charge on any atom is -0.444 e. The van der Waals surface area contributed by atoms with Crippen molar-refractivity contribution >= 4 is 22.0 Å². The van der Waals surface area contributed by atoms with E-state index in [1.54, 1.807) is 17.9 Å². The molecule has 0 radical (unpaired) electrons. The molecule has 3 rings (SSSR count). The number of hydrogen-bond acceptors (Lipinski definition) is 5. The fraction of sp³-hybridized carbons (Fsp3) is 0.636. The highest BCUT2D eigenvalue weighted by molar-refractivity contribution is 7.89. The van der Waals surface area contributed by atoms with Crippen molar-refractivity contribution in [2.75, 3.05) is 13.1 Å². The predicted octanol–water partition coefficient (Wildman–Crippen LogP) is 3.04. The van der Waals surface area contributed by atoms with Crippen LogP contribution in [0.4, 0.5) is 4.79 Å². The van der Waals surface area contributed by atoms with Gasteiger partial charge in [0.15, 0.2) is 0 Å². The SMILES string of the molecule is Cc1ccc(S(=O)(=O)N2CCCC[C@@H]2[C@H]2CCCN2C(=O)OC(C)(C)C)cc1C(N)=O. The maximum absolute atomic E-state index is 13.6. The summed E-state index contributed by atoms with van der Waals surface area (Å²) in [6.07, 6.45) is 3.47. The first-order chi connectivity index (χ1) is 14.4. The molecule has 31 heavy (non-hydrogen) atoms. The molecule has 2 aliphatic heterocycles. The molecular weight excluding hydrogens is 418 g/mol. The van der Waals surface area contributed by atoms with Crippen molar-refractivity contribution in [2.24, 2.45) is 5.73 Å². The summed E-state index contributed by atoms with van der Waals surface area (Å²) < 4.78 is 34.3. The van der Waals surface area contributed by atoms with Crippen molar-refractivity contribution in [1.29, 1.82) is 0 Å². The number of carbonyl (C=O) groups excluding carboxylic acids is 2. The topological polar surface area (TPSA) is 110 Å². The lowest BCUT2D eigenvalue weighted by atomic mass is 9.96. The highest BCUT2D eigenvalue weighted by atomic mass is 32.2. The van der Waals surface area contributed by atoms with Gasteiger partial charge in [-0.1, -0.05) is 12.5 Å². The van der Waals surface area contributed by atoms with Gasteiger partial charge in [-0.15, -0.1) is 0 Å².